The van der Waals surface area contributed by atoms with Gasteiger partial charge in [-0.3, -0.25) is 5.84 Å². The van der Waals surface area contributed by atoms with Crippen molar-refractivity contribution in [3.63, 3.8) is 0 Å². The smallest absolute Gasteiger partial charge is 0.252 e. The molecule has 2 aromatic carbocycles. The van der Waals surface area contributed by atoms with E-state index in [1.165, 1.54) is 24.3 Å². The zero-order valence-electron chi connectivity index (χ0n) is 10.8. The Morgan fingerprint density at radius 1 is 0.857 bits per heavy atom. The van der Waals surface area contributed by atoms with Gasteiger partial charge in [0.2, 0.25) is 4.08 Å². The molecule has 0 aliphatic carbocycles. The average Bonchev–Trinajstić information content (AvgIpc) is 2.49. The van der Waals surface area contributed by atoms with Gasteiger partial charge in [0.15, 0.2) is 10.7 Å². The monoisotopic (exact) mass is 326 g/mol. The van der Waals surface area contributed by atoms with Crippen molar-refractivity contribution in [2.45, 2.75) is 4.08 Å². The lowest BCUT2D eigenvalue weighted by molar-refractivity contribution is 0.559. The first-order valence-electron chi connectivity index (χ1n) is 5.94. The normalized spacial score (nSPS) is 12.5. The Balaban J connectivity index is 2.94. The second-order valence-electron chi connectivity index (χ2n) is 4.25. The largest absolute Gasteiger partial charge is 0.258 e. The molecule has 0 aliphatic heterocycles. The van der Waals surface area contributed by atoms with Crippen LogP contribution in [0.15, 0.2) is 60.7 Å². The molecule has 0 aliphatic rings. The Hall–Kier alpha value is -1.74. The Kier molecular flexibility index (Phi) is 4.43. The fraction of sp³-hybridized carbons (Fsp3) is 0.0769. The summed E-state index contributed by atoms with van der Waals surface area (Å²) in [7, 11) is -7.82. The van der Waals surface area contributed by atoms with Gasteiger partial charge in [0, 0.05) is 0 Å². The molecule has 2 rings (SSSR count). The first-order chi connectivity index (χ1) is 9.96. The van der Waals surface area contributed by atoms with Gasteiger partial charge < -0.3 is 0 Å². The van der Waals surface area contributed by atoms with Crippen LogP contribution in [-0.4, -0.2) is 16.8 Å². The molecule has 0 unspecified atom stereocenters. The van der Waals surface area contributed by atoms with Crippen LogP contribution in [0, 0.1) is 0 Å². The number of sulfonamides is 1. The van der Waals surface area contributed by atoms with Gasteiger partial charge >= 0.3 is 0 Å². The lowest BCUT2D eigenvalue weighted by atomic mass is 10.0. The van der Waals surface area contributed by atoms with E-state index in [4.69, 9.17) is 5.84 Å². The Bertz CT molecular complexity index is 740. The third kappa shape index (κ3) is 2.46. The quantitative estimate of drug-likeness (QED) is 0.416. The summed E-state index contributed by atoms with van der Waals surface area (Å²) >= 11 is 0. The lowest BCUT2D eigenvalue weighted by Gasteiger charge is -2.28. The third-order valence-electron chi connectivity index (χ3n) is 3.13. The number of thiol groups is 1. The van der Waals surface area contributed by atoms with Crippen molar-refractivity contribution in [1.29, 1.82) is 0 Å². The van der Waals surface area contributed by atoms with E-state index in [9.17, 15) is 16.8 Å². The maximum Gasteiger partial charge on any atom is 0.252 e. The second-order valence-corrected chi connectivity index (χ2v) is 7.60. The number of nitrogens with two attached hydrogens (primary N) is 1. The highest BCUT2D eigenvalue weighted by Crippen LogP contribution is 2.37. The molecule has 0 spiro atoms. The number of hydrazine groups is 1. The number of nitrogens with one attached hydrogen (secondary N) is 1. The van der Waals surface area contributed by atoms with Gasteiger partial charge in [-0.2, -0.15) is 4.83 Å². The minimum atomic E-state index is -4.40. The molecule has 3 N–H and O–H groups in total. The summed E-state index contributed by atoms with van der Waals surface area (Å²) in [4.78, 5) is 1.65. The number of benzene rings is 2. The van der Waals surface area contributed by atoms with Crippen LogP contribution in [0.2, 0.25) is 0 Å². The summed E-state index contributed by atoms with van der Waals surface area (Å²) in [6.07, 6.45) is 0. The topological polar surface area (TPSA) is 106 Å². The SMILES string of the molecule is NNS(=O)(=O)C(c1ccccc1)(c1ccccc1)[SH](=O)=O. The van der Waals surface area contributed by atoms with E-state index in [1.807, 2.05) is 0 Å². The van der Waals surface area contributed by atoms with Crippen molar-refractivity contribution in [2.75, 3.05) is 0 Å². The maximum absolute atomic E-state index is 12.4. The van der Waals surface area contributed by atoms with Crippen molar-refractivity contribution in [3.05, 3.63) is 71.8 Å². The van der Waals surface area contributed by atoms with Crippen LogP contribution < -0.4 is 10.7 Å². The molecule has 0 saturated heterocycles. The van der Waals surface area contributed by atoms with E-state index in [-0.39, 0.29) is 11.1 Å². The van der Waals surface area contributed by atoms with Gasteiger partial charge in [-0.25, -0.2) is 16.8 Å². The Morgan fingerprint density at radius 2 is 1.24 bits per heavy atom. The van der Waals surface area contributed by atoms with Crippen molar-refractivity contribution in [3.8, 4) is 0 Å². The third-order valence-corrected chi connectivity index (χ3v) is 6.89. The summed E-state index contributed by atoms with van der Waals surface area (Å²) in [6, 6.07) is 15.4. The maximum atomic E-state index is 12.4. The predicted octanol–water partition coefficient (Wildman–Crippen LogP) is 0.292. The van der Waals surface area contributed by atoms with Crippen LogP contribution in [0.5, 0.6) is 0 Å². The molecule has 112 valence electrons. The van der Waals surface area contributed by atoms with Gasteiger partial charge in [-0.15, -0.1) is 0 Å². The highest BCUT2D eigenvalue weighted by molar-refractivity contribution is 8.02. The molecule has 0 saturated carbocycles. The molecule has 8 heteroatoms. The van der Waals surface area contributed by atoms with Crippen molar-refractivity contribution >= 4 is 20.7 Å². The molecule has 0 fully saturated rings. The fourth-order valence-corrected chi connectivity index (χ4v) is 4.93. The first kappa shape index (κ1) is 15.6. The van der Waals surface area contributed by atoms with Gasteiger partial charge in [0.25, 0.3) is 10.0 Å². The molecular weight excluding hydrogens is 312 g/mol. The summed E-state index contributed by atoms with van der Waals surface area (Å²) < 4.78 is 46.6. The van der Waals surface area contributed by atoms with Crippen LogP contribution in [0.4, 0.5) is 0 Å². The second kappa shape index (κ2) is 5.94. The molecule has 0 amide bonds. The standard InChI is InChI=1S/C13H14N2O4S2/c14-15-21(18,19)13(20(16)17,11-7-3-1-4-8-11)12-9-5-2-6-10-12/h1-10,15,20H,14H2. The fourth-order valence-electron chi connectivity index (χ4n) is 2.20. The lowest BCUT2D eigenvalue weighted by Crippen LogP contribution is -2.48. The van der Waals surface area contributed by atoms with E-state index in [0.29, 0.717) is 0 Å². The van der Waals surface area contributed by atoms with Crippen LogP contribution in [0.1, 0.15) is 11.1 Å². The van der Waals surface area contributed by atoms with E-state index in [2.05, 4.69) is 0 Å². The molecule has 6 nitrogen and oxygen atoms in total. The zero-order valence-corrected chi connectivity index (χ0v) is 12.6. The Morgan fingerprint density at radius 3 is 1.52 bits per heavy atom. The van der Waals surface area contributed by atoms with Crippen LogP contribution in [-0.2, 0) is 24.8 Å². The molecule has 2 aromatic rings. The van der Waals surface area contributed by atoms with Crippen LogP contribution in [0.3, 0.4) is 0 Å². The summed E-state index contributed by atoms with van der Waals surface area (Å²) in [5.74, 6) is 5.10. The predicted molar refractivity (Wildman–Crippen MR) is 80.2 cm³/mol. The molecular formula is C13H14N2O4S2. The molecule has 0 radical (unpaired) electrons. The van der Waals surface area contributed by atoms with Gasteiger partial charge in [0.05, 0.1) is 0 Å². The highest BCUT2D eigenvalue weighted by atomic mass is 32.3. The number of hydrogen-bond acceptors (Lipinski definition) is 5. The van der Waals surface area contributed by atoms with E-state index < -0.39 is 24.8 Å². The first-order valence-corrected chi connectivity index (χ1v) is 8.60. The molecule has 21 heavy (non-hydrogen) atoms. The van der Waals surface area contributed by atoms with Crippen LogP contribution in [0.25, 0.3) is 0 Å². The molecule has 0 bridgehead atoms. The van der Waals surface area contributed by atoms with Crippen molar-refractivity contribution in [1.82, 2.24) is 4.83 Å². The zero-order chi connectivity index (χ0) is 15.5. The summed E-state index contributed by atoms with van der Waals surface area (Å²) in [6.45, 7) is 0. The van der Waals surface area contributed by atoms with Gasteiger partial charge in [0.1, 0.15) is 0 Å². The Labute approximate surface area is 124 Å². The average molecular weight is 326 g/mol. The van der Waals surface area contributed by atoms with E-state index >= 15 is 0 Å². The minimum absolute atomic E-state index is 0.102. The number of hydrogen-bond donors (Lipinski definition) is 3. The van der Waals surface area contributed by atoms with Crippen molar-refractivity contribution < 1.29 is 16.8 Å². The van der Waals surface area contributed by atoms with Gasteiger partial charge in [-0.05, 0) is 11.1 Å². The summed E-state index contributed by atoms with van der Waals surface area (Å²) in [5, 5.41) is 0. The van der Waals surface area contributed by atoms with Crippen molar-refractivity contribution in [2.24, 2.45) is 5.84 Å². The molecule has 0 atom stereocenters. The van der Waals surface area contributed by atoms with E-state index in [0.717, 1.165) is 0 Å². The van der Waals surface area contributed by atoms with Gasteiger partial charge in [-0.1, -0.05) is 60.7 Å². The van der Waals surface area contributed by atoms with E-state index in [1.54, 1.807) is 41.2 Å². The minimum Gasteiger partial charge on any atom is -0.258 e. The molecule has 0 aromatic heterocycles. The van der Waals surface area contributed by atoms with Crippen LogP contribution >= 0.6 is 0 Å². The molecule has 0 heterocycles. The highest BCUT2D eigenvalue weighted by Gasteiger charge is 2.50. The number of rotatable bonds is 5. The summed E-state index contributed by atoms with van der Waals surface area (Å²) in [5.41, 5.74) is 0.204.